The number of benzene rings is 1. The summed E-state index contributed by atoms with van der Waals surface area (Å²) in [5.41, 5.74) is 0.198. The van der Waals surface area contributed by atoms with Gasteiger partial charge in [-0.2, -0.15) is 0 Å². The second-order valence-electron chi connectivity index (χ2n) is 7.58. The molecule has 2 rings (SSSR count). The van der Waals surface area contributed by atoms with E-state index in [1.807, 2.05) is 13.8 Å². The molecule has 0 spiro atoms. The molecule has 0 aliphatic heterocycles. The summed E-state index contributed by atoms with van der Waals surface area (Å²) in [7, 11) is 1.47. The van der Waals surface area contributed by atoms with E-state index in [0.717, 1.165) is 19.3 Å². The summed E-state index contributed by atoms with van der Waals surface area (Å²) in [6.45, 7) is 7.43. The topological polar surface area (TPSA) is 73.9 Å². The van der Waals surface area contributed by atoms with E-state index >= 15 is 0 Å². The lowest BCUT2D eigenvalue weighted by molar-refractivity contribution is -0.130. The number of hydrogen-bond donors (Lipinski definition) is 1. The summed E-state index contributed by atoms with van der Waals surface area (Å²) in [4.78, 5) is 24.9. The van der Waals surface area contributed by atoms with Crippen molar-refractivity contribution in [2.24, 2.45) is 5.92 Å². The van der Waals surface area contributed by atoms with Crippen molar-refractivity contribution in [2.75, 3.05) is 7.11 Å². The smallest absolute Gasteiger partial charge is 0.339 e. The summed E-state index contributed by atoms with van der Waals surface area (Å²) < 4.78 is 16.3. The molecule has 0 saturated heterocycles. The Hall–Kier alpha value is -1.95. The number of hydrogen-bond acceptors (Lipinski definition) is 5. The predicted molar refractivity (Wildman–Crippen MR) is 108 cm³/mol. The molecule has 1 fully saturated rings. The molecule has 0 radical (unpaired) electrons. The van der Waals surface area contributed by atoms with Crippen LogP contribution in [0, 0.1) is 5.92 Å². The fraction of sp³-hybridized carbons (Fsp3) is 0.619. The van der Waals surface area contributed by atoms with Crippen molar-refractivity contribution in [1.82, 2.24) is 5.32 Å². The van der Waals surface area contributed by atoms with Crippen molar-refractivity contribution >= 4 is 23.5 Å². The third-order valence-corrected chi connectivity index (χ3v) is 5.19. The van der Waals surface area contributed by atoms with Gasteiger partial charge in [-0.25, -0.2) is 4.79 Å². The Morgan fingerprint density at radius 3 is 2.46 bits per heavy atom. The maximum absolute atomic E-state index is 12.5. The Labute approximate surface area is 171 Å². The van der Waals surface area contributed by atoms with Crippen LogP contribution in [-0.4, -0.2) is 37.2 Å². The molecule has 1 amide bonds. The second-order valence-corrected chi connectivity index (χ2v) is 7.99. The lowest BCUT2D eigenvalue weighted by Gasteiger charge is -2.30. The molecule has 1 aliphatic carbocycles. The van der Waals surface area contributed by atoms with Gasteiger partial charge in [-0.05, 0) is 51.7 Å². The molecule has 3 atom stereocenters. The highest BCUT2D eigenvalue weighted by molar-refractivity contribution is 6.32. The van der Waals surface area contributed by atoms with Crippen LogP contribution in [0.25, 0.3) is 0 Å². The van der Waals surface area contributed by atoms with Crippen LogP contribution in [0.4, 0.5) is 0 Å². The predicted octanol–water partition coefficient (Wildman–Crippen LogP) is 4.38. The Morgan fingerprint density at radius 2 is 1.86 bits per heavy atom. The van der Waals surface area contributed by atoms with E-state index in [1.54, 1.807) is 6.92 Å². The molecule has 0 bridgehead atoms. The average molecular weight is 412 g/mol. The quantitative estimate of drug-likeness (QED) is 0.674. The third kappa shape index (κ3) is 5.77. The maximum atomic E-state index is 12.5. The van der Waals surface area contributed by atoms with Crippen LogP contribution < -0.4 is 14.8 Å². The first kappa shape index (κ1) is 22.3. The first-order chi connectivity index (χ1) is 13.2. The Morgan fingerprint density at radius 1 is 1.18 bits per heavy atom. The zero-order chi connectivity index (χ0) is 20.8. The van der Waals surface area contributed by atoms with Gasteiger partial charge in [0, 0.05) is 6.04 Å². The Kier molecular flexibility index (Phi) is 7.98. The molecule has 28 heavy (non-hydrogen) atoms. The average Bonchev–Trinajstić information content (AvgIpc) is 2.64. The first-order valence-corrected chi connectivity index (χ1v) is 10.2. The van der Waals surface area contributed by atoms with Crippen molar-refractivity contribution < 1.29 is 23.8 Å². The highest BCUT2D eigenvalue weighted by Gasteiger charge is 2.27. The zero-order valence-electron chi connectivity index (χ0n) is 17.2. The van der Waals surface area contributed by atoms with Crippen LogP contribution in [0.1, 0.15) is 63.7 Å². The lowest BCUT2D eigenvalue weighted by Crippen LogP contribution is -2.45. The van der Waals surface area contributed by atoms with E-state index in [4.69, 9.17) is 25.8 Å². The van der Waals surface area contributed by atoms with Gasteiger partial charge in [0.25, 0.3) is 5.91 Å². The number of methoxy groups -OCH3 is 1. The van der Waals surface area contributed by atoms with Crippen molar-refractivity contribution in [3.63, 3.8) is 0 Å². The van der Waals surface area contributed by atoms with E-state index in [0.29, 0.717) is 17.4 Å². The first-order valence-electron chi connectivity index (χ1n) is 9.78. The van der Waals surface area contributed by atoms with Crippen LogP contribution >= 0.6 is 11.6 Å². The number of amides is 1. The number of carbonyl (C=O) groups excluding carboxylic acids is 2. The number of carbonyl (C=O) groups is 2. The second kappa shape index (κ2) is 10.0. The molecule has 0 unspecified atom stereocenters. The van der Waals surface area contributed by atoms with Gasteiger partial charge in [0.2, 0.25) is 0 Å². The van der Waals surface area contributed by atoms with Crippen molar-refractivity contribution in [3.05, 3.63) is 22.7 Å². The van der Waals surface area contributed by atoms with Crippen LogP contribution in [0.3, 0.4) is 0 Å². The Bertz CT molecular complexity index is 706. The third-order valence-electron chi connectivity index (χ3n) is 4.91. The molecule has 1 saturated carbocycles. The van der Waals surface area contributed by atoms with Gasteiger partial charge in [0.05, 0.1) is 23.8 Å². The number of ether oxygens (including phenoxy) is 3. The van der Waals surface area contributed by atoms with Gasteiger partial charge in [-0.3, -0.25) is 4.79 Å². The molecule has 0 aromatic heterocycles. The molecule has 1 N–H and O–H groups in total. The van der Waals surface area contributed by atoms with Crippen molar-refractivity contribution in [1.29, 1.82) is 0 Å². The minimum absolute atomic E-state index is 0.102. The van der Waals surface area contributed by atoms with Crippen LogP contribution in [0.15, 0.2) is 12.1 Å². The van der Waals surface area contributed by atoms with Gasteiger partial charge in [-0.1, -0.05) is 31.4 Å². The van der Waals surface area contributed by atoms with Gasteiger partial charge in [0.15, 0.2) is 17.6 Å². The summed E-state index contributed by atoms with van der Waals surface area (Å²) in [5.74, 6) is 0.201. The minimum atomic E-state index is -0.905. The molecular formula is C21H30ClNO5. The minimum Gasteiger partial charge on any atom is -0.493 e. The fourth-order valence-electron chi connectivity index (χ4n) is 3.30. The van der Waals surface area contributed by atoms with Gasteiger partial charge >= 0.3 is 5.97 Å². The normalized spacial score (nSPS) is 20.4. The number of rotatable bonds is 7. The van der Waals surface area contributed by atoms with E-state index in [1.165, 1.54) is 25.7 Å². The van der Waals surface area contributed by atoms with E-state index in [2.05, 4.69) is 12.2 Å². The molecule has 1 aromatic rings. The van der Waals surface area contributed by atoms with Crippen molar-refractivity contribution in [2.45, 2.75) is 71.6 Å². The SMILES string of the molecule is COc1cc(C(=O)O[C@H](C)C(=O)N[C@H]2CCCC[C@@H]2C)cc(Cl)c1OC(C)C. The zero-order valence-corrected chi connectivity index (χ0v) is 18.0. The molecular weight excluding hydrogens is 382 g/mol. The van der Waals surface area contributed by atoms with Gasteiger partial charge in [0.1, 0.15) is 0 Å². The van der Waals surface area contributed by atoms with Gasteiger partial charge < -0.3 is 19.5 Å². The summed E-state index contributed by atoms with van der Waals surface area (Å²) >= 11 is 6.25. The highest BCUT2D eigenvalue weighted by Crippen LogP contribution is 2.37. The molecule has 156 valence electrons. The monoisotopic (exact) mass is 411 g/mol. The maximum Gasteiger partial charge on any atom is 0.339 e. The van der Waals surface area contributed by atoms with Crippen LogP contribution in [0.2, 0.25) is 5.02 Å². The molecule has 6 nitrogen and oxygen atoms in total. The Balaban J connectivity index is 2.04. The van der Waals surface area contributed by atoms with Crippen LogP contribution in [-0.2, 0) is 9.53 Å². The summed E-state index contributed by atoms with van der Waals surface area (Å²) in [5, 5.41) is 3.25. The van der Waals surface area contributed by atoms with Crippen molar-refractivity contribution in [3.8, 4) is 11.5 Å². The molecule has 7 heteroatoms. The van der Waals surface area contributed by atoms with Crippen LogP contribution in [0.5, 0.6) is 11.5 Å². The summed E-state index contributed by atoms with van der Waals surface area (Å²) in [6, 6.07) is 3.09. The lowest BCUT2D eigenvalue weighted by atomic mass is 9.86. The molecule has 0 heterocycles. The van der Waals surface area contributed by atoms with E-state index < -0.39 is 12.1 Å². The van der Waals surface area contributed by atoms with E-state index in [-0.39, 0.29) is 28.6 Å². The molecule has 1 aliphatic rings. The standard InChI is InChI=1S/C21H30ClNO5/c1-12(2)27-19-16(22)10-15(11-18(19)26-5)21(25)28-14(4)20(24)23-17-9-7-6-8-13(17)3/h10-14,17H,6-9H2,1-5H3,(H,23,24)/t13-,14+,17-/m0/s1. The molecule has 1 aromatic carbocycles. The number of esters is 1. The summed E-state index contributed by atoms with van der Waals surface area (Å²) in [6.07, 6.45) is 3.34. The van der Waals surface area contributed by atoms with Gasteiger partial charge in [-0.15, -0.1) is 0 Å². The van der Waals surface area contributed by atoms with E-state index in [9.17, 15) is 9.59 Å². The number of halogens is 1. The largest absolute Gasteiger partial charge is 0.493 e. The fourth-order valence-corrected chi connectivity index (χ4v) is 3.56. The number of nitrogens with one attached hydrogen (secondary N) is 1. The highest BCUT2D eigenvalue weighted by atomic mass is 35.5.